The number of pyridine rings is 1. The quantitative estimate of drug-likeness (QED) is 0.846. The van der Waals surface area contributed by atoms with Gasteiger partial charge in [-0.25, -0.2) is 4.98 Å². The first-order chi connectivity index (χ1) is 9.28. The van der Waals surface area contributed by atoms with Gasteiger partial charge in [-0.1, -0.05) is 19.9 Å². The first-order valence-electron chi connectivity index (χ1n) is 7.38. The normalized spacial score (nSPS) is 19.4. The van der Waals surface area contributed by atoms with E-state index in [1.165, 1.54) is 6.42 Å². The van der Waals surface area contributed by atoms with E-state index in [0.29, 0.717) is 6.04 Å². The van der Waals surface area contributed by atoms with Crippen molar-refractivity contribution in [2.45, 2.75) is 32.9 Å². The van der Waals surface area contributed by atoms with Crippen molar-refractivity contribution in [2.75, 3.05) is 38.1 Å². The van der Waals surface area contributed by atoms with Crippen molar-refractivity contribution in [3.63, 3.8) is 0 Å². The number of hydrogen-bond acceptors (Lipinski definition) is 4. The Morgan fingerprint density at radius 2 is 2.16 bits per heavy atom. The van der Waals surface area contributed by atoms with E-state index >= 15 is 0 Å². The molecule has 19 heavy (non-hydrogen) atoms. The zero-order valence-corrected chi connectivity index (χ0v) is 12.4. The van der Waals surface area contributed by atoms with E-state index < -0.39 is 0 Å². The molecule has 1 fully saturated rings. The Morgan fingerprint density at radius 1 is 1.37 bits per heavy atom. The van der Waals surface area contributed by atoms with Crippen LogP contribution in [0, 0.1) is 0 Å². The largest absolute Gasteiger partial charge is 0.355 e. The maximum atomic E-state index is 4.73. The standard InChI is InChI=1S/C15H26N4/c1-4-18(5-2)14-9-10-19(12-14)15-8-6-7-13(17-15)11-16-3/h6-8,14,16H,4-5,9-12H2,1-3H3. The summed E-state index contributed by atoms with van der Waals surface area (Å²) < 4.78 is 0. The van der Waals surface area contributed by atoms with Crippen molar-refractivity contribution in [2.24, 2.45) is 0 Å². The van der Waals surface area contributed by atoms with Crippen molar-refractivity contribution in [3.8, 4) is 0 Å². The third kappa shape index (κ3) is 3.45. The summed E-state index contributed by atoms with van der Waals surface area (Å²) in [4.78, 5) is 9.71. The molecule has 2 heterocycles. The number of nitrogens with one attached hydrogen (secondary N) is 1. The topological polar surface area (TPSA) is 31.4 Å². The fourth-order valence-electron chi connectivity index (χ4n) is 2.91. The molecule has 2 rings (SSSR count). The molecule has 4 nitrogen and oxygen atoms in total. The third-order valence-corrected chi connectivity index (χ3v) is 3.97. The summed E-state index contributed by atoms with van der Waals surface area (Å²) in [6, 6.07) is 7.01. The molecule has 1 unspecified atom stereocenters. The molecule has 106 valence electrons. The smallest absolute Gasteiger partial charge is 0.128 e. The molecule has 1 aromatic rings. The van der Waals surface area contributed by atoms with Gasteiger partial charge in [0.15, 0.2) is 0 Å². The molecular formula is C15H26N4. The van der Waals surface area contributed by atoms with Crippen molar-refractivity contribution in [3.05, 3.63) is 23.9 Å². The molecule has 0 aromatic carbocycles. The predicted octanol–water partition coefficient (Wildman–Crippen LogP) is 1.72. The summed E-state index contributed by atoms with van der Waals surface area (Å²) in [6.07, 6.45) is 1.25. The Balaban J connectivity index is 2.02. The van der Waals surface area contributed by atoms with Crippen LogP contribution in [0.3, 0.4) is 0 Å². The van der Waals surface area contributed by atoms with Gasteiger partial charge in [-0.3, -0.25) is 4.90 Å². The maximum Gasteiger partial charge on any atom is 0.128 e. The Hall–Kier alpha value is -1.13. The summed E-state index contributed by atoms with van der Waals surface area (Å²) in [5, 5.41) is 3.16. The second-order valence-corrected chi connectivity index (χ2v) is 5.13. The monoisotopic (exact) mass is 262 g/mol. The van der Waals surface area contributed by atoms with Crippen LogP contribution in [-0.4, -0.2) is 49.2 Å². The Kier molecular flexibility index (Phi) is 5.16. The number of nitrogens with zero attached hydrogens (tertiary/aromatic N) is 3. The second-order valence-electron chi connectivity index (χ2n) is 5.13. The number of hydrogen-bond donors (Lipinski definition) is 1. The lowest BCUT2D eigenvalue weighted by Crippen LogP contribution is -2.37. The molecule has 4 heteroatoms. The summed E-state index contributed by atoms with van der Waals surface area (Å²) >= 11 is 0. The van der Waals surface area contributed by atoms with Gasteiger partial charge in [0.05, 0.1) is 5.69 Å². The van der Waals surface area contributed by atoms with Gasteiger partial charge in [0.2, 0.25) is 0 Å². The van der Waals surface area contributed by atoms with E-state index in [-0.39, 0.29) is 0 Å². The van der Waals surface area contributed by atoms with Crippen LogP contribution in [-0.2, 0) is 6.54 Å². The highest BCUT2D eigenvalue weighted by Crippen LogP contribution is 2.21. The average molecular weight is 262 g/mol. The lowest BCUT2D eigenvalue weighted by atomic mass is 10.2. The van der Waals surface area contributed by atoms with Crippen molar-refractivity contribution < 1.29 is 0 Å². The van der Waals surface area contributed by atoms with E-state index in [4.69, 9.17) is 4.98 Å². The molecule has 0 spiro atoms. The third-order valence-electron chi connectivity index (χ3n) is 3.97. The highest BCUT2D eigenvalue weighted by Gasteiger charge is 2.26. The SMILES string of the molecule is CCN(CC)C1CCN(c2cccc(CNC)n2)C1. The summed E-state index contributed by atoms with van der Waals surface area (Å²) in [5.41, 5.74) is 1.12. The highest BCUT2D eigenvalue weighted by atomic mass is 15.3. The molecule has 0 saturated carbocycles. The van der Waals surface area contributed by atoms with Crippen LogP contribution in [0.5, 0.6) is 0 Å². The van der Waals surface area contributed by atoms with Crippen molar-refractivity contribution >= 4 is 5.82 Å². The number of anilines is 1. The molecule has 1 aliphatic heterocycles. The highest BCUT2D eigenvalue weighted by molar-refractivity contribution is 5.41. The van der Waals surface area contributed by atoms with E-state index in [2.05, 4.69) is 47.2 Å². The van der Waals surface area contributed by atoms with Crippen LogP contribution < -0.4 is 10.2 Å². The van der Waals surface area contributed by atoms with Crippen LogP contribution in [0.15, 0.2) is 18.2 Å². The van der Waals surface area contributed by atoms with Crippen molar-refractivity contribution in [1.29, 1.82) is 0 Å². The van der Waals surface area contributed by atoms with Crippen LogP contribution in [0.25, 0.3) is 0 Å². The minimum atomic E-state index is 0.685. The maximum absolute atomic E-state index is 4.73. The van der Waals surface area contributed by atoms with Gasteiger partial charge in [-0.2, -0.15) is 0 Å². The lowest BCUT2D eigenvalue weighted by molar-refractivity contribution is 0.232. The van der Waals surface area contributed by atoms with Gasteiger partial charge in [0, 0.05) is 25.7 Å². The summed E-state index contributed by atoms with van der Waals surface area (Å²) in [5.74, 6) is 1.13. The lowest BCUT2D eigenvalue weighted by Gasteiger charge is -2.26. The number of aromatic nitrogens is 1. The van der Waals surface area contributed by atoms with Crippen LogP contribution >= 0.6 is 0 Å². The minimum absolute atomic E-state index is 0.685. The first kappa shape index (κ1) is 14.3. The fourth-order valence-corrected chi connectivity index (χ4v) is 2.91. The van der Waals surface area contributed by atoms with Crippen LogP contribution in [0.1, 0.15) is 26.0 Å². The molecule has 1 aliphatic rings. The van der Waals surface area contributed by atoms with Gasteiger partial charge in [-0.15, -0.1) is 0 Å². The molecule has 0 bridgehead atoms. The summed E-state index contributed by atoms with van der Waals surface area (Å²) in [7, 11) is 1.96. The molecular weight excluding hydrogens is 236 g/mol. The molecule has 0 radical (unpaired) electrons. The zero-order chi connectivity index (χ0) is 13.7. The number of rotatable bonds is 6. The number of likely N-dealkylation sites (N-methyl/N-ethyl adjacent to an activating group) is 1. The predicted molar refractivity (Wildman–Crippen MR) is 80.5 cm³/mol. The molecule has 0 amide bonds. The average Bonchev–Trinajstić information content (AvgIpc) is 2.91. The van der Waals surface area contributed by atoms with Crippen LogP contribution in [0.4, 0.5) is 5.82 Å². The fraction of sp³-hybridized carbons (Fsp3) is 0.667. The molecule has 0 aliphatic carbocycles. The van der Waals surface area contributed by atoms with Crippen LogP contribution in [0.2, 0.25) is 0 Å². The second kappa shape index (κ2) is 6.87. The van der Waals surface area contributed by atoms with Gasteiger partial charge >= 0.3 is 0 Å². The van der Waals surface area contributed by atoms with Crippen molar-refractivity contribution in [1.82, 2.24) is 15.2 Å². The Morgan fingerprint density at radius 3 is 2.84 bits per heavy atom. The summed E-state index contributed by atoms with van der Waals surface area (Å²) in [6.45, 7) is 9.84. The van der Waals surface area contributed by atoms with Gasteiger partial charge in [0.1, 0.15) is 5.82 Å². The Labute approximate surface area is 116 Å². The van der Waals surface area contributed by atoms with E-state index in [1.807, 2.05) is 7.05 Å². The van der Waals surface area contributed by atoms with E-state index in [9.17, 15) is 0 Å². The zero-order valence-electron chi connectivity index (χ0n) is 12.4. The molecule has 1 atom stereocenters. The Bertz CT molecular complexity index is 389. The molecule has 1 aromatic heterocycles. The van der Waals surface area contributed by atoms with E-state index in [0.717, 1.165) is 44.2 Å². The molecule has 1 N–H and O–H groups in total. The van der Waals surface area contributed by atoms with Gasteiger partial charge in [0.25, 0.3) is 0 Å². The van der Waals surface area contributed by atoms with Gasteiger partial charge in [-0.05, 0) is 38.7 Å². The molecule has 1 saturated heterocycles. The van der Waals surface area contributed by atoms with Gasteiger partial charge < -0.3 is 10.2 Å². The minimum Gasteiger partial charge on any atom is -0.355 e. The first-order valence-corrected chi connectivity index (χ1v) is 7.38. The van der Waals surface area contributed by atoms with E-state index in [1.54, 1.807) is 0 Å².